The summed E-state index contributed by atoms with van der Waals surface area (Å²) < 4.78 is 31.9. The molecule has 1 fully saturated rings. The highest BCUT2D eigenvalue weighted by Gasteiger charge is 2.38. The van der Waals surface area contributed by atoms with E-state index in [4.69, 9.17) is 5.11 Å². The molecule has 1 atom stereocenters. The molecule has 2 N–H and O–H groups in total. The number of phenols is 1. The summed E-state index contributed by atoms with van der Waals surface area (Å²) in [6.07, 6.45) is 1.25. The number of halogens is 2. The molecule has 1 unspecified atom stereocenters. The molecular weight excluding hydrogens is 258 g/mol. The summed E-state index contributed by atoms with van der Waals surface area (Å²) in [5.41, 5.74) is -0.164. The third kappa shape index (κ3) is 2.62. The second-order valence-corrected chi connectivity index (χ2v) is 4.68. The lowest BCUT2D eigenvalue weighted by Gasteiger charge is -2.18. The standard InChI is InChI=1S/C13H14F2O4/c1-19-13-9(15)5-8(14)11(12(13)18)7(4-10(16)17)6-2-3-6/h5-7,18H,2-4H2,1H3,(H,16,17). The van der Waals surface area contributed by atoms with Gasteiger partial charge in [-0.25, -0.2) is 8.78 Å². The lowest BCUT2D eigenvalue weighted by Crippen LogP contribution is -2.11. The van der Waals surface area contributed by atoms with Crippen LogP contribution in [0.3, 0.4) is 0 Å². The van der Waals surface area contributed by atoms with Gasteiger partial charge in [-0.3, -0.25) is 4.79 Å². The number of hydrogen-bond donors (Lipinski definition) is 2. The van der Waals surface area contributed by atoms with Crippen molar-refractivity contribution in [2.75, 3.05) is 7.11 Å². The van der Waals surface area contributed by atoms with Gasteiger partial charge in [0, 0.05) is 17.5 Å². The van der Waals surface area contributed by atoms with Crippen molar-refractivity contribution in [1.29, 1.82) is 0 Å². The number of phenolic OH excluding ortho intramolecular Hbond substituents is 1. The van der Waals surface area contributed by atoms with Crippen LogP contribution in [0, 0.1) is 17.6 Å². The Morgan fingerprint density at radius 2 is 2.11 bits per heavy atom. The van der Waals surface area contributed by atoms with Crippen LogP contribution in [0.15, 0.2) is 6.07 Å². The van der Waals surface area contributed by atoms with E-state index in [-0.39, 0.29) is 17.9 Å². The van der Waals surface area contributed by atoms with E-state index in [0.717, 1.165) is 20.0 Å². The maximum absolute atomic E-state index is 13.9. The molecule has 2 rings (SSSR count). The Bertz CT molecular complexity index is 512. The Morgan fingerprint density at radius 3 is 2.58 bits per heavy atom. The topological polar surface area (TPSA) is 66.8 Å². The van der Waals surface area contributed by atoms with Crippen molar-refractivity contribution in [1.82, 2.24) is 0 Å². The zero-order chi connectivity index (χ0) is 14.2. The Balaban J connectivity index is 2.49. The van der Waals surface area contributed by atoms with Crippen LogP contribution in [0.4, 0.5) is 8.78 Å². The van der Waals surface area contributed by atoms with E-state index in [1.165, 1.54) is 0 Å². The van der Waals surface area contributed by atoms with E-state index in [9.17, 15) is 18.7 Å². The number of rotatable bonds is 5. The molecule has 1 aromatic rings. The fraction of sp³-hybridized carbons (Fsp3) is 0.462. The SMILES string of the molecule is COc1c(F)cc(F)c(C(CC(=O)O)C2CC2)c1O. The molecule has 1 aromatic carbocycles. The smallest absolute Gasteiger partial charge is 0.303 e. The quantitative estimate of drug-likeness (QED) is 0.864. The number of aliphatic carboxylic acids is 1. The second-order valence-electron chi connectivity index (χ2n) is 4.68. The van der Waals surface area contributed by atoms with Gasteiger partial charge in [0.1, 0.15) is 5.82 Å². The number of benzene rings is 1. The number of methoxy groups -OCH3 is 1. The van der Waals surface area contributed by atoms with Crippen molar-refractivity contribution in [2.24, 2.45) is 5.92 Å². The zero-order valence-electron chi connectivity index (χ0n) is 10.3. The fourth-order valence-electron chi connectivity index (χ4n) is 2.34. The minimum atomic E-state index is -1.08. The lowest BCUT2D eigenvalue weighted by molar-refractivity contribution is -0.137. The van der Waals surface area contributed by atoms with E-state index in [0.29, 0.717) is 6.07 Å². The van der Waals surface area contributed by atoms with Crippen LogP contribution >= 0.6 is 0 Å². The van der Waals surface area contributed by atoms with Gasteiger partial charge in [-0.2, -0.15) is 0 Å². The van der Waals surface area contributed by atoms with E-state index in [1.54, 1.807) is 0 Å². The molecule has 0 amide bonds. The van der Waals surface area contributed by atoms with Gasteiger partial charge in [0.15, 0.2) is 17.3 Å². The highest BCUT2D eigenvalue weighted by atomic mass is 19.1. The van der Waals surface area contributed by atoms with Gasteiger partial charge in [0.2, 0.25) is 0 Å². The second kappa shape index (κ2) is 5.03. The van der Waals surface area contributed by atoms with E-state index >= 15 is 0 Å². The molecule has 104 valence electrons. The molecule has 0 heterocycles. The van der Waals surface area contributed by atoms with Crippen molar-refractivity contribution in [3.05, 3.63) is 23.3 Å². The average molecular weight is 272 g/mol. The molecule has 6 heteroatoms. The summed E-state index contributed by atoms with van der Waals surface area (Å²) in [5.74, 6) is -4.77. The van der Waals surface area contributed by atoms with Crippen LogP contribution in [-0.2, 0) is 4.79 Å². The zero-order valence-corrected chi connectivity index (χ0v) is 10.3. The largest absolute Gasteiger partial charge is 0.504 e. The molecule has 1 saturated carbocycles. The molecule has 4 nitrogen and oxygen atoms in total. The summed E-state index contributed by atoms with van der Waals surface area (Å²) in [6, 6.07) is 0.616. The summed E-state index contributed by atoms with van der Waals surface area (Å²) in [5, 5.41) is 18.8. The first-order valence-electron chi connectivity index (χ1n) is 5.92. The number of ether oxygens (including phenoxy) is 1. The van der Waals surface area contributed by atoms with Crippen molar-refractivity contribution >= 4 is 5.97 Å². The minimum Gasteiger partial charge on any atom is -0.504 e. The van der Waals surface area contributed by atoms with E-state index in [1.807, 2.05) is 0 Å². The molecule has 19 heavy (non-hydrogen) atoms. The van der Waals surface area contributed by atoms with Crippen LogP contribution in [0.25, 0.3) is 0 Å². The van der Waals surface area contributed by atoms with Crippen LogP contribution < -0.4 is 4.74 Å². The summed E-state index contributed by atoms with van der Waals surface area (Å²) in [4.78, 5) is 10.8. The van der Waals surface area contributed by atoms with Gasteiger partial charge >= 0.3 is 5.97 Å². The first-order valence-corrected chi connectivity index (χ1v) is 5.92. The lowest BCUT2D eigenvalue weighted by atomic mass is 9.89. The van der Waals surface area contributed by atoms with Crippen molar-refractivity contribution in [3.8, 4) is 11.5 Å². The molecule has 1 aliphatic carbocycles. The molecule has 1 aliphatic rings. The number of carboxylic acid groups (broad SMARTS) is 1. The number of aromatic hydroxyl groups is 1. The Labute approximate surface area is 108 Å². The predicted molar refractivity (Wildman–Crippen MR) is 62.3 cm³/mol. The molecule has 0 bridgehead atoms. The number of carbonyl (C=O) groups is 1. The van der Waals surface area contributed by atoms with Crippen molar-refractivity contribution < 1.29 is 28.5 Å². The monoisotopic (exact) mass is 272 g/mol. The molecule has 0 radical (unpaired) electrons. The maximum Gasteiger partial charge on any atom is 0.303 e. The Hall–Kier alpha value is -1.85. The van der Waals surface area contributed by atoms with Crippen LogP contribution in [0.1, 0.15) is 30.7 Å². The first-order chi connectivity index (χ1) is 8.95. The van der Waals surface area contributed by atoms with Gasteiger partial charge in [0.25, 0.3) is 0 Å². The van der Waals surface area contributed by atoms with Crippen LogP contribution in [-0.4, -0.2) is 23.3 Å². The molecular formula is C13H14F2O4. The summed E-state index contributed by atoms with van der Waals surface area (Å²) >= 11 is 0. The average Bonchev–Trinajstić information content (AvgIpc) is 3.10. The normalized spacial score (nSPS) is 16.2. The summed E-state index contributed by atoms with van der Waals surface area (Å²) in [6.45, 7) is 0. The van der Waals surface area contributed by atoms with Gasteiger partial charge in [-0.15, -0.1) is 0 Å². The molecule has 0 aliphatic heterocycles. The number of hydrogen-bond acceptors (Lipinski definition) is 3. The third-order valence-corrected chi connectivity index (χ3v) is 3.36. The van der Waals surface area contributed by atoms with Crippen LogP contribution in [0.5, 0.6) is 11.5 Å². The Kier molecular flexibility index (Phi) is 3.59. The van der Waals surface area contributed by atoms with Crippen molar-refractivity contribution in [2.45, 2.75) is 25.2 Å². The van der Waals surface area contributed by atoms with Gasteiger partial charge in [-0.05, 0) is 18.8 Å². The highest BCUT2D eigenvalue weighted by molar-refractivity contribution is 5.69. The molecule has 0 spiro atoms. The minimum absolute atomic E-state index is 0.00617. The van der Waals surface area contributed by atoms with Crippen LogP contribution in [0.2, 0.25) is 0 Å². The Morgan fingerprint density at radius 1 is 1.47 bits per heavy atom. The molecule has 0 aromatic heterocycles. The predicted octanol–water partition coefficient (Wildman–Crippen LogP) is 2.65. The van der Waals surface area contributed by atoms with Gasteiger partial charge < -0.3 is 14.9 Å². The maximum atomic E-state index is 13.9. The highest BCUT2D eigenvalue weighted by Crippen LogP contribution is 2.50. The van der Waals surface area contributed by atoms with E-state index in [2.05, 4.69) is 4.74 Å². The van der Waals surface area contributed by atoms with Gasteiger partial charge in [-0.1, -0.05) is 0 Å². The first kappa shape index (κ1) is 13.6. The summed E-state index contributed by atoms with van der Waals surface area (Å²) in [7, 11) is 1.16. The van der Waals surface area contributed by atoms with E-state index < -0.39 is 35.0 Å². The van der Waals surface area contributed by atoms with Crippen molar-refractivity contribution in [3.63, 3.8) is 0 Å². The number of carboxylic acids is 1. The van der Waals surface area contributed by atoms with Gasteiger partial charge in [0.05, 0.1) is 13.5 Å². The fourth-order valence-corrected chi connectivity index (χ4v) is 2.34. The third-order valence-electron chi connectivity index (χ3n) is 3.36. The molecule has 0 saturated heterocycles.